The molecule has 2 amide bonds. The fourth-order valence-electron chi connectivity index (χ4n) is 1.87. The fourth-order valence-corrected chi connectivity index (χ4v) is 1.87. The maximum Gasteiger partial charge on any atom is 0.319 e. The predicted molar refractivity (Wildman–Crippen MR) is 78.2 cm³/mol. The van der Waals surface area contributed by atoms with Crippen molar-refractivity contribution < 1.29 is 9.18 Å². The number of hydrogen-bond donors (Lipinski definition) is 2. The van der Waals surface area contributed by atoms with Gasteiger partial charge < -0.3 is 10.6 Å². The Kier molecular flexibility index (Phi) is 4.52. The van der Waals surface area contributed by atoms with Crippen molar-refractivity contribution in [1.82, 2.24) is 5.32 Å². The Balaban J connectivity index is 2.00. The number of carbonyl (C=O) groups is 1. The number of urea groups is 1. The minimum atomic E-state index is -0.516. The SMILES string of the molecule is Cc1ccccc1CNC(=O)Nc1ccc(F)cc1C#N. The molecule has 21 heavy (non-hydrogen) atoms. The average molecular weight is 283 g/mol. The Hall–Kier alpha value is -2.87. The van der Waals surface area contributed by atoms with Crippen molar-refractivity contribution in [3.05, 3.63) is 65.0 Å². The summed E-state index contributed by atoms with van der Waals surface area (Å²) in [6.45, 7) is 2.34. The van der Waals surface area contributed by atoms with Crippen molar-refractivity contribution in [1.29, 1.82) is 5.26 Å². The van der Waals surface area contributed by atoms with Gasteiger partial charge in [0.2, 0.25) is 0 Å². The lowest BCUT2D eigenvalue weighted by atomic mass is 10.1. The highest BCUT2D eigenvalue weighted by Crippen LogP contribution is 2.15. The number of nitrogens with zero attached hydrogens (tertiary/aromatic N) is 1. The lowest BCUT2D eigenvalue weighted by Crippen LogP contribution is -2.28. The van der Waals surface area contributed by atoms with E-state index in [2.05, 4.69) is 10.6 Å². The number of carbonyl (C=O) groups excluding carboxylic acids is 1. The molecule has 0 aliphatic carbocycles. The van der Waals surface area contributed by atoms with Crippen LogP contribution in [0, 0.1) is 24.1 Å². The highest BCUT2D eigenvalue weighted by Gasteiger charge is 2.08. The molecule has 5 heteroatoms. The normalized spacial score (nSPS) is 9.76. The molecule has 2 rings (SSSR count). The van der Waals surface area contributed by atoms with Crippen molar-refractivity contribution in [2.75, 3.05) is 5.32 Å². The van der Waals surface area contributed by atoms with E-state index in [0.29, 0.717) is 6.54 Å². The molecule has 0 saturated heterocycles. The highest BCUT2D eigenvalue weighted by atomic mass is 19.1. The Labute approximate surface area is 122 Å². The van der Waals surface area contributed by atoms with E-state index < -0.39 is 11.8 Å². The molecule has 0 heterocycles. The van der Waals surface area contributed by atoms with Crippen LogP contribution < -0.4 is 10.6 Å². The molecule has 4 nitrogen and oxygen atoms in total. The number of nitrogens with one attached hydrogen (secondary N) is 2. The van der Waals surface area contributed by atoms with Crippen molar-refractivity contribution in [2.45, 2.75) is 13.5 Å². The lowest BCUT2D eigenvalue weighted by Gasteiger charge is -2.10. The highest BCUT2D eigenvalue weighted by molar-refractivity contribution is 5.90. The Morgan fingerprint density at radius 1 is 1.29 bits per heavy atom. The molecule has 0 fully saturated rings. The van der Waals surface area contributed by atoms with Crippen LogP contribution >= 0.6 is 0 Å². The van der Waals surface area contributed by atoms with Crippen LogP contribution in [0.2, 0.25) is 0 Å². The van der Waals surface area contributed by atoms with Gasteiger partial charge in [0.05, 0.1) is 11.3 Å². The second-order valence-electron chi connectivity index (χ2n) is 4.54. The van der Waals surface area contributed by atoms with E-state index >= 15 is 0 Å². The number of nitriles is 1. The molecular weight excluding hydrogens is 269 g/mol. The number of aryl methyl sites for hydroxylation is 1. The lowest BCUT2D eigenvalue weighted by molar-refractivity contribution is 0.251. The Morgan fingerprint density at radius 3 is 2.76 bits per heavy atom. The van der Waals surface area contributed by atoms with E-state index in [1.807, 2.05) is 37.3 Å². The third kappa shape index (κ3) is 3.80. The Bertz CT molecular complexity index is 707. The summed E-state index contributed by atoms with van der Waals surface area (Å²) in [7, 11) is 0. The number of halogens is 1. The topological polar surface area (TPSA) is 64.9 Å². The van der Waals surface area contributed by atoms with E-state index in [1.54, 1.807) is 0 Å². The molecule has 2 aromatic rings. The summed E-state index contributed by atoms with van der Waals surface area (Å²) in [4.78, 5) is 11.8. The Morgan fingerprint density at radius 2 is 2.05 bits per heavy atom. The average Bonchev–Trinajstić information content (AvgIpc) is 2.48. The predicted octanol–water partition coefficient (Wildman–Crippen LogP) is 3.33. The van der Waals surface area contributed by atoms with Gasteiger partial charge in [-0.05, 0) is 36.2 Å². The molecule has 0 atom stereocenters. The van der Waals surface area contributed by atoms with Crippen LogP contribution in [0.3, 0.4) is 0 Å². The van der Waals surface area contributed by atoms with E-state index in [4.69, 9.17) is 5.26 Å². The number of hydrogen-bond acceptors (Lipinski definition) is 2. The first-order valence-electron chi connectivity index (χ1n) is 6.39. The van der Waals surface area contributed by atoms with E-state index in [-0.39, 0.29) is 11.3 Å². The molecule has 0 bridgehead atoms. The van der Waals surface area contributed by atoms with Gasteiger partial charge in [-0.3, -0.25) is 0 Å². The molecule has 0 unspecified atom stereocenters. The summed E-state index contributed by atoms with van der Waals surface area (Å²) < 4.78 is 13.0. The zero-order valence-electron chi connectivity index (χ0n) is 11.5. The maximum absolute atomic E-state index is 13.0. The van der Waals surface area contributed by atoms with Crippen LogP contribution in [0.25, 0.3) is 0 Å². The van der Waals surface area contributed by atoms with Crippen molar-refractivity contribution in [3.8, 4) is 6.07 Å². The number of amides is 2. The summed E-state index contributed by atoms with van der Waals surface area (Å²) in [6.07, 6.45) is 0. The molecular formula is C16H14FN3O. The first kappa shape index (κ1) is 14.5. The second-order valence-corrected chi connectivity index (χ2v) is 4.54. The van der Waals surface area contributed by atoms with Crippen molar-refractivity contribution in [2.24, 2.45) is 0 Å². The minimum Gasteiger partial charge on any atom is -0.334 e. The molecule has 0 spiro atoms. The van der Waals surface area contributed by atoms with Crippen molar-refractivity contribution >= 4 is 11.7 Å². The van der Waals surface area contributed by atoms with Gasteiger partial charge in [0, 0.05) is 6.54 Å². The molecule has 0 radical (unpaired) electrons. The summed E-state index contributed by atoms with van der Waals surface area (Å²) in [5.74, 6) is -0.516. The molecule has 0 aliphatic rings. The molecule has 0 aliphatic heterocycles. The van der Waals surface area contributed by atoms with E-state index in [0.717, 1.165) is 17.2 Å². The van der Waals surface area contributed by atoms with Gasteiger partial charge in [-0.1, -0.05) is 24.3 Å². The molecule has 0 aromatic heterocycles. The molecule has 2 aromatic carbocycles. The first-order valence-corrected chi connectivity index (χ1v) is 6.39. The van der Waals surface area contributed by atoms with E-state index in [1.165, 1.54) is 12.1 Å². The van der Waals surface area contributed by atoms with Crippen LogP contribution in [0.15, 0.2) is 42.5 Å². The maximum atomic E-state index is 13.0. The third-order valence-electron chi connectivity index (χ3n) is 3.05. The third-order valence-corrected chi connectivity index (χ3v) is 3.05. The van der Waals surface area contributed by atoms with Gasteiger partial charge in [-0.25, -0.2) is 9.18 Å². The first-order chi connectivity index (χ1) is 10.1. The minimum absolute atomic E-state index is 0.0843. The smallest absolute Gasteiger partial charge is 0.319 e. The summed E-state index contributed by atoms with van der Waals surface area (Å²) in [5, 5.41) is 14.2. The standard InChI is InChI=1S/C16H14FN3O/c1-11-4-2-3-5-12(11)10-19-16(21)20-15-7-6-14(17)8-13(15)9-18/h2-8H,10H2,1H3,(H2,19,20,21). The van der Waals surface area contributed by atoms with Crippen LogP contribution in [0.4, 0.5) is 14.9 Å². The van der Waals surface area contributed by atoms with Gasteiger partial charge in [0.25, 0.3) is 0 Å². The van der Waals surface area contributed by atoms with E-state index in [9.17, 15) is 9.18 Å². The van der Waals surface area contributed by atoms with Gasteiger partial charge in [-0.2, -0.15) is 5.26 Å². The van der Waals surface area contributed by atoms with Gasteiger partial charge in [0.15, 0.2) is 0 Å². The van der Waals surface area contributed by atoms with Crippen LogP contribution in [0.5, 0.6) is 0 Å². The number of anilines is 1. The van der Waals surface area contributed by atoms with Crippen molar-refractivity contribution in [3.63, 3.8) is 0 Å². The molecule has 0 saturated carbocycles. The van der Waals surface area contributed by atoms with Crippen LogP contribution in [-0.4, -0.2) is 6.03 Å². The molecule has 2 N–H and O–H groups in total. The largest absolute Gasteiger partial charge is 0.334 e. The monoisotopic (exact) mass is 283 g/mol. The van der Waals surface area contributed by atoms with Gasteiger partial charge in [-0.15, -0.1) is 0 Å². The van der Waals surface area contributed by atoms with Gasteiger partial charge >= 0.3 is 6.03 Å². The van der Waals surface area contributed by atoms with Gasteiger partial charge in [0.1, 0.15) is 11.9 Å². The summed E-state index contributed by atoms with van der Waals surface area (Å²) >= 11 is 0. The summed E-state index contributed by atoms with van der Waals surface area (Å²) in [6, 6.07) is 12.7. The second kappa shape index (κ2) is 6.53. The zero-order valence-corrected chi connectivity index (χ0v) is 11.5. The zero-order chi connectivity index (χ0) is 15.2. The van der Waals surface area contributed by atoms with Crippen LogP contribution in [-0.2, 0) is 6.54 Å². The summed E-state index contributed by atoms with van der Waals surface area (Å²) in [5.41, 5.74) is 2.45. The molecule has 106 valence electrons. The fraction of sp³-hybridized carbons (Fsp3) is 0.125. The number of rotatable bonds is 3. The number of benzene rings is 2. The quantitative estimate of drug-likeness (QED) is 0.907. The van der Waals surface area contributed by atoms with Crippen LogP contribution in [0.1, 0.15) is 16.7 Å².